The molecule has 0 spiro atoms. The minimum Gasteiger partial charge on any atom is -0.370 e. The van der Waals surface area contributed by atoms with Crippen LogP contribution in [0.25, 0.3) is 4.96 Å². The third-order valence-electron chi connectivity index (χ3n) is 4.18. The summed E-state index contributed by atoms with van der Waals surface area (Å²) in [7, 11) is 0. The van der Waals surface area contributed by atoms with E-state index in [0.717, 1.165) is 4.96 Å². The van der Waals surface area contributed by atoms with Crippen LogP contribution in [0.4, 0.5) is 0 Å². The van der Waals surface area contributed by atoms with E-state index in [1.165, 1.54) is 22.5 Å². The number of fused-ring (bicyclic) bond motifs is 1. The summed E-state index contributed by atoms with van der Waals surface area (Å²) in [4.78, 5) is 19.4. The molecule has 3 aromatic rings. The van der Waals surface area contributed by atoms with Crippen molar-refractivity contribution in [2.45, 2.75) is 19.6 Å². The molecule has 5 nitrogen and oxygen atoms in total. The van der Waals surface area contributed by atoms with Crippen LogP contribution in [-0.2, 0) is 11.3 Å². The Kier molecular flexibility index (Phi) is 3.63. The van der Waals surface area contributed by atoms with Crippen LogP contribution in [-0.4, -0.2) is 39.4 Å². The number of hydrogen-bond donors (Lipinski definition) is 0. The minimum absolute atomic E-state index is 0.0170. The van der Waals surface area contributed by atoms with Gasteiger partial charge in [-0.1, -0.05) is 24.3 Å². The summed E-state index contributed by atoms with van der Waals surface area (Å²) in [5.74, 6) is -0.0170. The van der Waals surface area contributed by atoms with Crippen LogP contribution >= 0.6 is 11.3 Å². The van der Waals surface area contributed by atoms with Gasteiger partial charge in [-0.05, 0) is 18.1 Å². The molecule has 2 aromatic heterocycles. The van der Waals surface area contributed by atoms with Gasteiger partial charge in [0.05, 0.1) is 12.7 Å². The normalized spacial score (nSPS) is 15.1. The van der Waals surface area contributed by atoms with E-state index in [1.807, 2.05) is 28.1 Å². The number of aromatic nitrogens is 2. The van der Waals surface area contributed by atoms with Gasteiger partial charge >= 0.3 is 0 Å². The Labute approximate surface area is 138 Å². The molecule has 23 heavy (non-hydrogen) atoms. The molecule has 1 aliphatic rings. The van der Waals surface area contributed by atoms with E-state index >= 15 is 0 Å². The van der Waals surface area contributed by atoms with E-state index in [-0.39, 0.29) is 12.0 Å². The van der Waals surface area contributed by atoms with E-state index in [4.69, 9.17) is 4.74 Å². The Hall–Kier alpha value is -2.18. The van der Waals surface area contributed by atoms with Crippen LogP contribution in [0.5, 0.6) is 0 Å². The first kappa shape index (κ1) is 14.4. The molecule has 0 radical (unpaired) electrons. The summed E-state index contributed by atoms with van der Waals surface area (Å²) in [6.45, 7) is 3.95. The molecule has 0 bridgehead atoms. The van der Waals surface area contributed by atoms with Gasteiger partial charge in [-0.3, -0.25) is 9.20 Å². The molecule has 1 fully saturated rings. The van der Waals surface area contributed by atoms with Crippen LogP contribution in [0, 0.1) is 6.92 Å². The average Bonchev–Trinajstić information content (AvgIpc) is 3.08. The Morgan fingerprint density at radius 1 is 1.39 bits per heavy atom. The highest BCUT2D eigenvalue weighted by atomic mass is 32.1. The summed E-state index contributed by atoms with van der Waals surface area (Å²) >= 11 is 1.53. The number of imidazole rings is 1. The maximum atomic E-state index is 12.4. The van der Waals surface area contributed by atoms with Crippen LogP contribution in [0.2, 0.25) is 0 Å². The van der Waals surface area contributed by atoms with Crippen LogP contribution < -0.4 is 0 Å². The van der Waals surface area contributed by atoms with E-state index in [1.54, 1.807) is 11.1 Å². The van der Waals surface area contributed by atoms with Gasteiger partial charge in [0.25, 0.3) is 5.91 Å². The third kappa shape index (κ3) is 2.75. The van der Waals surface area contributed by atoms with Crippen molar-refractivity contribution in [2.24, 2.45) is 0 Å². The minimum atomic E-state index is -0.0170. The molecular weight excluding hydrogens is 310 g/mol. The predicted octanol–water partition coefficient (Wildman–Crippen LogP) is 2.75. The Bertz CT molecular complexity index is 820. The summed E-state index contributed by atoms with van der Waals surface area (Å²) in [6, 6.07) is 8.21. The monoisotopic (exact) mass is 327 g/mol. The van der Waals surface area contributed by atoms with Gasteiger partial charge in [-0.15, -0.1) is 11.3 Å². The quantitative estimate of drug-likeness (QED) is 0.740. The van der Waals surface area contributed by atoms with E-state index in [2.05, 4.69) is 24.0 Å². The lowest BCUT2D eigenvalue weighted by molar-refractivity contribution is -0.0505. The molecule has 3 heterocycles. The van der Waals surface area contributed by atoms with Gasteiger partial charge < -0.3 is 9.64 Å². The number of hydrogen-bond acceptors (Lipinski definition) is 4. The summed E-state index contributed by atoms with van der Waals surface area (Å²) in [5.41, 5.74) is 2.94. The number of amides is 1. The van der Waals surface area contributed by atoms with Crippen molar-refractivity contribution in [2.75, 3.05) is 13.1 Å². The number of carbonyl (C=O) groups is 1. The lowest BCUT2D eigenvalue weighted by Gasteiger charge is -2.38. The van der Waals surface area contributed by atoms with Gasteiger partial charge in [-0.2, -0.15) is 0 Å². The van der Waals surface area contributed by atoms with E-state index in [9.17, 15) is 4.79 Å². The predicted molar refractivity (Wildman–Crippen MR) is 88.7 cm³/mol. The maximum Gasteiger partial charge on any atom is 0.274 e. The van der Waals surface area contributed by atoms with Crippen LogP contribution in [0.15, 0.2) is 42.0 Å². The summed E-state index contributed by atoms with van der Waals surface area (Å²) in [5, 5.41) is 1.95. The molecule has 6 heteroatoms. The highest BCUT2D eigenvalue weighted by Gasteiger charge is 2.33. The van der Waals surface area contributed by atoms with Crippen molar-refractivity contribution in [1.82, 2.24) is 14.3 Å². The Morgan fingerprint density at radius 3 is 3.00 bits per heavy atom. The number of nitrogens with zero attached hydrogens (tertiary/aromatic N) is 3. The zero-order valence-corrected chi connectivity index (χ0v) is 13.6. The standard InChI is InChI=1S/C17H17N3O2S/c1-12-4-2-3-5-13(12)11-22-14-8-20(9-14)16(21)15-10-19-6-7-23-17(19)18-15/h2-7,10,14H,8-9,11H2,1H3. The fraction of sp³-hybridized carbons (Fsp3) is 0.294. The van der Waals surface area contributed by atoms with Crippen molar-refractivity contribution in [3.05, 3.63) is 58.9 Å². The Morgan fingerprint density at radius 2 is 2.22 bits per heavy atom. The van der Waals surface area contributed by atoms with Crippen molar-refractivity contribution in [3.8, 4) is 0 Å². The number of benzene rings is 1. The molecule has 1 aliphatic heterocycles. The topological polar surface area (TPSA) is 46.8 Å². The van der Waals surface area contributed by atoms with Crippen LogP contribution in [0.3, 0.4) is 0 Å². The van der Waals surface area contributed by atoms with Crippen molar-refractivity contribution in [1.29, 1.82) is 0 Å². The number of carbonyl (C=O) groups excluding carboxylic acids is 1. The summed E-state index contributed by atoms with van der Waals surface area (Å²) in [6.07, 6.45) is 3.81. The van der Waals surface area contributed by atoms with Gasteiger partial charge in [0.2, 0.25) is 0 Å². The highest BCUT2D eigenvalue weighted by Crippen LogP contribution is 2.19. The van der Waals surface area contributed by atoms with Gasteiger partial charge in [-0.25, -0.2) is 4.98 Å². The Balaban J connectivity index is 1.32. The zero-order chi connectivity index (χ0) is 15.8. The molecule has 4 rings (SSSR count). The number of likely N-dealkylation sites (tertiary alicyclic amines) is 1. The molecule has 1 saturated heterocycles. The summed E-state index contributed by atoms with van der Waals surface area (Å²) < 4.78 is 7.77. The molecule has 0 unspecified atom stereocenters. The van der Waals surface area contributed by atoms with Crippen molar-refractivity contribution in [3.63, 3.8) is 0 Å². The first-order valence-electron chi connectivity index (χ1n) is 7.58. The molecule has 1 aromatic carbocycles. The smallest absolute Gasteiger partial charge is 0.274 e. The first-order valence-corrected chi connectivity index (χ1v) is 8.46. The fourth-order valence-corrected chi connectivity index (χ4v) is 3.38. The number of thiazole rings is 1. The van der Waals surface area contributed by atoms with Gasteiger partial charge in [0.15, 0.2) is 4.96 Å². The number of rotatable bonds is 4. The molecule has 0 atom stereocenters. The fourth-order valence-electron chi connectivity index (χ4n) is 2.68. The molecule has 0 saturated carbocycles. The molecular formula is C17H17N3O2S. The second-order valence-electron chi connectivity index (χ2n) is 5.79. The van der Waals surface area contributed by atoms with E-state index < -0.39 is 0 Å². The molecule has 0 aliphatic carbocycles. The first-order chi connectivity index (χ1) is 11.2. The number of aryl methyl sites for hydroxylation is 1. The van der Waals surface area contributed by atoms with Gasteiger partial charge in [0, 0.05) is 30.9 Å². The third-order valence-corrected chi connectivity index (χ3v) is 4.95. The molecule has 118 valence electrons. The number of ether oxygens (including phenoxy) is 1. The second kappa shape index (κ2) is 5.79. The lowest BCUT2D eigenvalue weighted by atomic mass is 10.1. The van der Waals surface area contributed by atoms with Crippen molar-refractivity contribution >= 4 is 22.2 Å². The second-order valence-corrected chi connectivity index (χ2v) is 6.66. The van der Waals surface area contributed by atoms with Gasteiger partial charge in [0.1, 0.15) is 5.69 Å². The lowest BCUT2D eigenvalue weighted by Crippen LogP contribution is -2.54. The molecule has 0 N–H and O–H groups in total. The largest absolute Gasteiger partial charge is 0.370 e. The average molecular weight is 327 g/mol. The maximum absolute atomic E-state index is 12.4. The molecule has 1 amide bonds. The highest BCUT2D eigenvalue weighted by molar-refractivity contribution is 7.15. The van der Waals surface area contributed by atoms with E-state index in [0.29, 0.717) is 25.4 Å². The van der Waals surface area contributed by atoms with Crippen LogP contribution in [0.1, 0.15) is 21.6 Å². The zero-order valence-electron chi connectivity index (χ0n) is 12.8. The van der Waals surface area contributed by atoms with Crippen molar-refractivity contribution < 1.29 is 9.53 Å². The SMILES string of the molecule is Cc1ccccc1COC1CN(C(=O)c2cn3ccsc3n2)C1.